The van der Waals surface area contributed by atoms with E-state index in [-0.39, 0.29) is 5.75 Å². The van der Waals surface area contributed by atoms with Crippen LogP contribution in [0, 0.1) is 11.5 Å². The van der Waals surface area contributed by atoms with Gasteiger partial charge in [-0.2, -0.15) is 8.78 Å². The van der Waals surface area contributed by atoms with E-state index >= 15 is 0 Å². The molecule has 150 valence electrons. The van der Waals surface area contributed by atoms with Crippen molar-refractivity contribution in [1.29, 1.82) is 0 Å². The SMILES string of the molecule is CC(C)[Si](C#Cc1ccc(-c2ccc(OC(F)F)cc2)nc1)(C(C)C)C(C)C. The molecule has 5 heteroatoms. The molecular weight excluding hydrogens is 372 g/mol. The quantitative estimate of drug-likeness (QED) is 0.387. The average molecular weight is 402 g/mol. The summed E-state index contributed by atoms with van der Waals surface area (Å²) in [5, 5.41) is 0. The highest BCUT2D eigenvalue weighted by Gasteiger charge is 2.41. The van der Waals surface area contributed by atoms with Crippen LogP contribution in [-0.2, 0) is 0 Å². The van der Waals surface area contributed by atoms with E-state index in [1.54, 1.807) is 18.3 Å². The summed E-state index contributed by atoms with van der Waals surface area (Å²) in [6, 6.07) is 10.4. The standard InChI is InChI=1S/C23H29F2NOSi/c1-16(2)28(17(3)4,18(5)6)14-13-19-7-12-22(26-15-19)20-8-10-21(11-9-20)27-23(24)25/h7-12,15-18,23H,1-6H3. The van der Waals surface area contributed by atoms with Crippen molar-refractivity contribution in [3.63, 3.8) is 0 Å². The predicted molar refractivity (Wildman–Crippen MR) is 114 cm³/mol. The van der Waals surface area contributed by atoms with Crippen LogP contribution in [-0.4, -0.2) is 19.7 Å². The maximum absolute atomic E-state index is 12.2. The van der Waals surface area contributed by atoms with E-state index in [1.165, 1.54) is 12.1 Å². The number of pyridine rings is 1. The second-order valence-electron chi connectivity index (χ2n) is 7.98. The van der Waals surface area contributed by atoms with Crippen LogP contribution in [0.25, 0.3) is 11.3 Å². The van der Waals surface area contributed by atoms with Gasteiger partial charge in [0.05, 0.1) is 5.69 Å². The van der Waals surface area contributed by atoms with Crippen molar-refractivity contribution in [1.82, 2.24) is 4.98 Å². The molecule has 0 saturated heterocycles. The molecule has 2 rings (SSSR count). The molecule has 0 saturated carbocycles. The molecule has 0 unspecified atom stereocenters. The molecule has 0 atom stereocenters. The molecule has 1 aromatic carbocycles. The first-order chi connectivity index (χ1) is 13.2. The fourth-order valence-corrected chi connectivity index (χ4v) is 9.29. The van der Waals surface area contributed by atoms with Gasteiger partial charge < -0.3 is 4.74 Å². The molecule has 1 aromatic heterocycles. The summed E-state index contributed by atoms with van der Waals surface area (Å²) in [6.07, 6.45) is 1.78. The minimum absolute atomic E-state index is 0.138. The van der Waals surface area contributed by atoms with Gasteiger partial charge in [0.2, 0.25) is 0 Å². The lowest BCUT2D eigenvalue weighted by Gasteiger charge is -2.38. The smallest absolute Gasteiger partial charge is 0.387 e. The van der Waals surface area contributed by atoms with E-state index in [0.29, 0.717) is 16.6 Å². The minimum Gasteiger partial charge on any atom is -0.435 e. The van der Waals surface area contributed by atoms with Gasteiger partial charge >= 0.3 is 6.61 Å². The highest BCUT2D eigenvalue weighted by Crippen LogP contribution is 2.40. The fraction of sp³-hybridized carbons (Fsp3) is 0.435. The van der Waals surface area contributed by atoms with Crippen LogP contribution in [0.1, 0.15) is 47.1 Å². The van der Waals surface area contributed by atoms with E-state index in [9.17, 15) is 8.78 Å². The third kappa shape index (κ3) is 4.99. The largest absolute Gasteiger partial charge is 0.435 e. The zero-order valence-corrected chi connectivity index (χ0v) is 18.5. The van der Waals surface area contributed by atoms with Gasteiger partial charge in [0, 0.05) is 17.3 Å². The molecule has 0 aliphatic heterocycles. The van der Waals surface area contributed by atoms with Gasteiger partial charge in [-0.15, -0.1) is 5.54 Å². The monoisotopic (exact) mass is 401 g/mol. The fourth-order valence-electron chi connectivity index (χ4n) is 4.06. The lowest BCUT2D eigenvalue weighted by Crippen LogP contribution is -2.43. The molecule has 2 nitrogen and oxygen atoms in total. The molecule has 0 fully saturated rings. The van der Waals surface area contributed by atoms with Crippen molar-refractivity contribution in [2.24, 2.45) is 0 Å². The zero-order valence-electron chi connectivity index (χ0n) is 17.5. The van der Waals surface area contributed by atoms with Gasteiger partial charge in [-0.25, -0.2) is 0 Å². The lowest BCUT2D eigenvalue weighted by molar-refractivity contribution is -0.0498. The third-order valence-electron chi connectivity index (χ3n) is 5.43. The van der Waals surface area contributed by atoms with Crippen LogP contribution in [0.4, 0.5) is 8.78 Å². The molecule has 0 bridgehead atoms. The molecule has 0 N–H and O–H groups in total. The Balaban J connectivity index is 2.25. The Kier molecular flexibility index (Phi) is 7.37. The Morgan fingerprint density at radius 2 is 1.43 bits per heavy atom. The normalized spacial score (nSPS) is 11.9. The molecule has 0 radical (unpaired) electrons. The van der Waals surface area contributed by atoms with E-state index in [1.807, 2.05) is 12.1 Å². The maximum atomic E-state index is 12.2. The number of hydrogen-bond acceptors (Lipinski definition) is 2. The van der Waals surface area contributed by atoms with E-state index in [2.05, 4.69) is 62.7 Å². The van der Waals surface area contributed by atoms with Crippen molar-refractivity contribution in [2.45, 2.75) is 64.8 Å². The van der Waals surface area contributed by atoms with Gasteiger partial charge in [0.1, 0.15) is 13.8 Å². The molecular formula is C23H29F2NOSi. The van der Waals surface area contributed by atoms with Crippen molar-refractivity contribution in [3.8, 4) is 28.5 Å². The Hall–Kier alpha value is -2.19. The van der Waals surface area contributed by atoms with Crippen LogP contribution >= 0.6 is 0 Å². The highest BCUT2D eigenvalue weighted by atomic mass is 28.3. The molecule has 0 aliphatic carbocycles. The Morgan fingerprint density at radius 3 is 1.86 bits per heavy atom. The second kappa shape index (κ2) is 9.34. The van der Waals surface area contributed by atoms with Gasteiger partial charge in [-0.1, -0.05) is 47.5 Å². The van der Waals surface area contributed by atoms with Crippen LogP contribution in [0.2, 0.25) is 16.6 Å². The van der Waals surface area contributed by atoms with Crippen molar-refractivity contribution < 1.29 is 13.5 Å². The molecule has 28 heavy (non-hydrogen) atoms. The predicted octanol–water partition coefficient (Wildman–Crippen LogP) is 6.92. The summed E-state index contributed by atoms with van der Waals surface area (Å²) in [7, 11) is -1.77. The van der Waals surface area contributed by atoms with Gasteiger partial charge in [-0.05, 0) is 53.0 Å². The van der Waals surface area contributed by atoms with Crippen LogP contribution in [0.5, 0.6) is 5.75 Å². The number of ether oxygens (including phenoxy) is 1. The summed E-state index contributed by atoms with van der Waals surface area (Å²) in [4.78, 5) is 4.50. The lowest BCUT2D eigenvalue weighted by atomic mass is 10.1. The van der Waals surface area contributed by atoms with Crippen molar-refractivity contribution in [3.05, 3.63) is 48.2 Å². The second-order valence-corrected chi connectivity index (χ2v) is 13.6. The van der Waals surface area contributed by atoms with Crippen LogP contribution in [0.15, 0.2) is 42.6 Å². The summed E-state index contributed by atoms with van der Waals surface area (Å²) >= 11 is 0. The summed E-state index contributed by atoms with van der Waals surface area (Å²) < 4.78 is 28.9. The van der Waals surface area contributed by atoms with Gasteiger partial charge in [-0.3, -0.25) is 4.98 Å². The Labute approximate surface area is 168 Å². The van der Waals surface area contributed by atoms with Crippen LogP contribution in [0.3, 0.4) is 0 Å². The zero-order chi connectivity index (χ0) is 20.9. The molecule has 0 spiro atoms. The molecule has 0 aliphatic rings. The van der Waals surface area contributed by atoms with Gasteiger partial charge in [0.15, 0.2) is 0 Å². The average Bonchev–Trinajstić information content (AvgIpc) is 2.62. The highest BCUT2D eigenvalue weighted by molar-refractivity contribution is 6.90. The number of benzene rings is 1. The van der Waals surface area contributed by atoms with Gasteiger partial charge in [0.25, 0.3) is 0 Å². The Bertz CT molecular complexity index is 797. The van der Waals surface area contributed by atoms with E-state index in [4.69, 9.17) is 0 Å². The number of rotatable bonds is 6. The number of alkyl halides is 2. The topological polar surface area (TPSA) is 22.1 Å². The summed E-state index contributed by atoms with van der Waals surface area (Å²) in [5.74, 6) is 3.52. The van der Waals surface area contributed by atoms with Crippen molar-refractivity contribution >= 4 is 8.07 Å². The number of hydrogen-bond donors (Lipinski definition) is 0. The maximum Gasteiger partial charge on any atom is 0.387 e. The first-order valence-corrected chi connectivity index (χ1v) is 11.9. The Morgan fingerprint density at radius 1 is 0.857 bits per heavy atom. The van der Waals surface area contributed by atoms with E-state index in [0.717, 1.165) is 16.8 Å². The summed E-state index contributed by atoms with van der Waals surface area (Å²) in [5.41, 5.74) is 7.97. The molecule has 0 amide bonds. The van der Waals surface area contributed by atoms with E-state index < -0.39 is 14.7 Å². The first-order valence-electron chi connectivity index (χ1n) is 9.71. The summed E-state index contributed by atoms with van der Waals surface area (Å²) in [6.45, 7) is 11.0. The molecule has 1 heterocycles. The first kappa shape index (κ1) is 22.1. The number of halogens is 2. The molecule has 2 aromatic rings. The minimum atomic E-state index is -2.82. The third-order valence-corrected chi connectivity index (χ3v) is 11.7. The number of nitrogens with zero attached hydrogens (tertiary/aromatic N) is 1. The number of aromatic nitrogens is 1. The van der Waals surface area contributed by atoms with Crippen molar-refractivity contribution in [2.75, 3.05) is 0 Å². The van der Waals surface area contributed by atoms with Crippen LogP contribution < -0.4 is 4.74 Å².